The van der Waals surface area contributed by atoms with Crippen LogP contribution in [-0.4, -0.2) is 70.4 Å². The number of esters is 1. The van der Waals surface area contributed by atoms with Gasteiger partial charge >= 0.3 is 5.97 Å². The molecule has 0 aliphatic carbocycles. The number of nitrogens with one attached hydrogen (secondary N) is 5. The van der Waals surface area contributed by atoms with E-state index in [-0.39, 0.29) is 41.0 Å². The Morgan fingerprint density at radius 3 is 2.12 bits per heavy atom. The number of rotatable bonds is 15. The Balaban J connectivity index is 1.51. The molecule has 0 saturated carbocycles. The van der Waals surface area contributed by atoms with Gasteiger partial charge in [-0.2, -0.15) is 0 Å². The number of halogens is 1. The Hall–Kier alpha value is -6.28. The van der Waals surface area contributed by atoms with Gasteiger partial charge in [0.1, 0.15) is 28.7 Å². The lowest BCUT2D eigenvalue weighted by Gasteiger charge is -2.21. The molecule has 0 spiro atoms. The molecule has 0 aliphatic heterocycles. The van der Waals surface area contributed by atoms with Crippen molar-refractivity contribution in [1.82, 2.24) is 31.2 Å². The summed E-state index contributed by atoms with van der Waals surface area (Å²) in [4.78, 5) is 73.9. The molecule has 1 aromatic heterocycles. The molecule has 0 radical (unpaired) electrons. The van der Waals surface area contributed by atoms with Gasteiger partial charge in [0.25, 0.3) is 11.8 Å². The van der Waals surface area contributed by atoms with Crippen LogP contribution < -0.4 is 26.6 Å². The first kappa shape index (κ1) is 37.5. The zero-order valence-electron chi connectivity index (χ0n) is 27.7. The molecule has 4 rings (SSSR count). The molecular formula is C36H36ClN7O7. The topological polar surface area (TPSA) is 201 Å². The van der Waals surface area contributed by atoms with Gasteiger partial charge in [0, 0.05) is 30.3 Å². The summed E-state index contributed by atoms with van der Waals surface area (Å²) in [6, 6.07) is 22.4. The van der Waals surface area contributed by atoms with E-state index in [1.165, 1.54) is 25.4 Å². The number of hydrogen-bond acceptors (Lipinski definition) is 10. The molecule has 4 amide bonds. The highest BCUT2D eigenvalue weighted by Crippen LogP contribution is 2.13. The fourth-order valence-corrected chi connectivity index (χ4v) is 4.95. The van der Waals surface area contributed by atoms with Crippen LogP contribution in [0.5, 0.6) is 5.75 Å². The van der Waals surface area contributed by atoms with Crippen molar-refractivity contribution in [2.75, 3.05) is 19.0 Å². The van der Waals surface area contributed by atoms with E-state index in [1.807, 2.05) is 0 Å². The second-order valence-electron chi connectivity index (χ2n) is 11.1. The van der Waals surface area contributed by atoms with Crippen molar-refractivity contribution in [2.45, 2.75) is 31.8 Å². The predicted molar refractivity (Wildman–Crippen MR) is 188 cm³/mol. The predicted octanol–water partition coefficient (Wildman–Crippen LogP) is 2.57. The summed E-state index contributed by atoms with van der Waals surface area (Å²) in [7, 11) is 1.18. The van der Waals surface area contributed by atoms with Crippen LogP contribution in [0.2, 0.25) is 5.15 Å². The maximum Gasteiger partial charge on any atom is 0.328 e. The lowest BCUT2D eigenvalue weighted by atomic mass is 10.0. The summed E-state index contributed by atoms with van der Waals surface area (Å²) in [5.74, 6) is -3.47. The van der Waals surface area contributed by atoms with Crippen LogP contribution in [0.1, 0.15) is 27.2 Å². The normalized spacial score (nSPS) is 12.1. The van der Waals surface area contributed by atoms with Crippen molar-refractivity contribution < 1.29 is 33.8 Å². The third-order valence-corrected chi connectivity index (χ3v) is 7.42. The van der Waals surface area contributed by atoms with Gasteiger partial charge in [0.15, 0.2) is 0 Å². The second kappa shape index (κ2) is 18.5. The Morgan fingerprint density at radius 2 is 1.47 bits per heavy atom. The van der Waals surface area contributed by atoms with Crippen molar-refractivity contribution >= 4 is 47.1 Å². The van der Waals surface area contributed by atoms with Crippen LogP contribution in [0.15, 0.2) is 103 Å². The van der Waals surface area contributed by atoms with E-state index in [9.17, 15) is 29.1 Å². The van der Waals surface area contributed by atoms with Crippen LogP contribution in [0.3, 0.4) is 0 Å². The number of carbonyl (C=O) groups excluding carboxylic acids is 5. The zero-order valence-corrected chi connectivity index (χ0v) is 28.4. The van der Waals surface area contributed by atoms with Crippen LogP contribution in [0.25, 0.3) is 0 Å². The number of ether oxygens (including phenoxy) is 1. The average molecular weight is 714 g/mol. The number of phenolic OH excluding ortho intramolecular Hbond substituents is 1. The van der Waals surface area contributed by atoms with Gasteiger partial charge in [0.2, 0.25) is 17.8 Å². The van der Waals surface area contributed by atoms with Crippen molar-refractivity contribution in [1.29, 1.82) is 0 Å². The Morgan fingerprint density at radius 1 is 0.843 bits per heavy atom. The van der Waals surface area contributed by atoms with Crippen LogP contribution in [0, 0.1) is 6.92 Å². The average Bonchev–Trinajstić information content (AvgIpc) is 3.12. The minimum Gasteiger partial charge on any atom is -0.508 e. The van der Waals surface area contributed by atoms with Gasteiger partial charge in [-0.25, -0.2) is 14.8 Å². The molecule has 0 aliphatic rings. The number of aromatic hydroxyl groups is 1. The number of methoxy groups -OCH3 is 1. The molecule has 15 heteroatoms. The summed E-state index contributed by atoms with van der Waals surface area (Å²) in [6.07, 6.45) is 1.26. The minimum absolute atomic E-state index is 0.0234. The lowest BCUT2D eigenvalue weighted by Crippen LogP contribution is -2.52. The van der Waals surface area contributed by atoms with E-state index in [1.54, 1.807) is 85.8 Å². The first-order valence-electron chi connectivity index (χ1n) is 15.6. The van der Waals surface area contributed by atoms with Gasteiger partial charge in [-0.15, -0.1) is 0 Å². The van der Waals surface area contributed by atoms with E-state index >= 15 is 0 Å². The first-order chi connectivity index (χ1) is 24.5. The number of hydrogen-bond donors (Lipinski definition) is 6. The molecule has 0 fully saturated rings. The van der Waals surface area contributed by atoms with Crippen molar-refractivity contribution in [3.63, 3.8) is 0 Å². The number of aromatic nitrogens is 2. The molecule has 2 atom stereocenters. The highest BCUT2D eigenvalue weighted by atomic mass is 35.5. The smallest absolute Gasteiger partial charge is 0.328 e. The molecule has 0 unspecified atom stereocenters. The fraction of sp³-hybridized carbons (Fsp3) is 0.194. The molecule has 51 heavy (non-hydrogen) atoms. The van der Waals surface area contributed by atoms with Gasteiger partial charge in [-0.05, 0) is 48.4 Å². The summed E-state index contributed by atoms with van der Waals surface area (Å²) in [6.45, 7) is 1.16. The van der Waals surface area contributed by atoms with Crippen molar-refractivity contribution in [3.05, 3.63) is 130 Å². The number of nitrogens with zero attached hydrogens (tertiary/aromatic N) is 2. The van der Waals surface area contributed by atoms with Gasteiger partial charge in [0.05, 0.1) is 13.7 Å². The Kier molecular flexibility index (Phi) is 13.6. The highest BCUT2D eigenvalue weighted by molar-refractivity contribution is 6.29. The first-order valence-corrected chi connectivity index (χ1v) is 16.0. The molecule has 14 nitrogen and oxygen atoms in total. The minimum atomic E-state index is -1.22. The number of phenols is 1. The van der Waals surface area contributed by atoms with E-state index in [4.69, 9.17) is 16.3 Å². The van der Waals surface area contributed by atoms with Crippen molar-refractivity contribution in [3.8, 4) is 5.75 Å². The number of benzene rings is 3. The van der Waals surface area contributed by atoms with E-state index in [0.717, 1.165) is 0 Å². The molecule has 1 heterocycles. The molecule has 0 bridgehead atoms. The molecule has 3 aromatic carbocycles. The van der Waals surface area contributed by atoms with Crippen LogP contribution in [-0.2, 0) is 36.8 Å². The third kappa shape index (κ3) is 12.0. The van der Waals surface area contributed by atoms with Gasteiger partial charge in [-0.1, -0.05) is 72.3 Å². The zero-order chi connectivity index (χ0) is 36.8. The monoisotopic (exact) mass is 713 g/mol. The van der Waals surface area contributed by atoms with E-state index in [2.05, 4.69) is 36.6 Å². The lowest BCUT2D eigenvalue weighted by molar-refractivity contribution is -0.145. The second-order valence-corrected chi connectivity index (χ2v) is 11.5. The van der Waals surface area contributed by atoms with E-state index < -0.39 is 48.2 Å². The number of aryl methyl sites for hydroxylation is 1. The maximum atomic E-state index is 13.7. The molecule has 264 valence electrons. The summed E-state index contributed by atoms with van der Waals surface area (Å²) in [5.41, 5.74) is 1.89. The molecule has 0 saturated heterocycles. The largest absolute Gasteiger partial charge is 0.508 e. The van der Waals surface area contributed by atoms with Gasteiger partial charge < -0.3 is 36.4 Å². The van der Waals surface area contributed by atoms with Crippen LogP contribution in [0.4, 0.5) is 5.95 Å². The molecular weight excluding hydrogens is 678 g/mol. The number of amides is 4. The summed E-state index contributed by atoms with van der Waals surface area (Å²) >= 11 is 6.05. The quantitative estimate of drug-likeness (QED) is 0.0604. The highest BCUT2D eigenvalue weighted by Gasteiger charge is 2.26. The number of anilines is 1. The van der Waals surface area contributed by atoms with Crippen molar-refractivity contribution in [2.24, 2.45) is 0 Å². The third-order valence-electron chi connectivity index (χ3n) is 7.22. The SMILES string of the molecule is COC(=O)[C@H](Cc1ccc(O)cc1)NC(=O)CNC(=O)[C@H](Cc1ccccc1)NC(=O)/C(=C\Nc1nc(C)cc(Cl)n1)NC(=O)c1ccccc1. The van der Waals surface area contributed by atoms with Crippen LogP contribution >= 0.6 is 11.6 Å². The maximum absolute atomic E-state index is 13.7. The summed E-state index contributed by atoms with van der Waals surface area (Å²) < 4.78 is 4.83. The Labute approximate surface area is 298 Å². The van der Waals surface area contributed by atoms with Gasteiger partial charge in [-0.3, -0.25) is 19.2 Å². The standard InChI is InChI=1S/C36H36ClN7O7/c1-22-17-30(37)44-36(40-22)39-20-29(43-32(47)25-11-7-4-8-12-25)34(49)42-27(18-23-9-5-3-6-10-23)33(48)38-21-31(46)41-28(35(50)51-2)19-24-13-15-26(45)16-14-24/h3-17,20,27-28,45H,18-19,21H2,1-2H3,(H,38,48)(H,41,46)(H,42,49)(H,43,47)(H,39,40,44)/b29-20+/t27-,28-/m0/s1. The number of carbonyl (C=O) groups is 5. The fourth-order valence-electron chi connectivity index (χ4n) is 4.71. The molecule has 4 aromatic rings. The Bertz CT molecular complexity index is 1850. The van der Waals surface area contributed by atoms with E-state index in [0.29, 0.717) is 16.8 Å². The molecule has 6 N–H and O–H groups in total. The summed E-state index contributed by atoms with van der Waals surface area (Å²) in [5, 5.41) is 22.7.